The van der Waals surface area contributed by atoms with Crippen molar-refractivity contribution in [3.8, 4) is 11.3 Å². The molecule has 0 fully saturated rings. The summed E-state index contributed by atoms with van der Waals surface area (Å²) < 4.78 is 0. The van der Waals surface area contributed by atoms with Gasteiger partial charge >= 0.3 is 0 Å². The Morgan fingerprint density at radius 2 is 1.94 bits per heavy atom. The molecule has 0 spiro atoms. The van der Waals surface area contributed by atoms with Crippen molar-refractivity contribution in [1.29, 1.82) is 0 Å². The maximum absolute atomic E-state index is 5.84. The first-order valence-electron chi connectivity index (χ1n) is 5.06. The molecule has 1 aromatic heterocycles. The summed E-state index contributed by atoms with van der Waals surface area (Å²) in [7, 11) is 0. The SMILES string of the molecule is ClCCCc1nc(-c2ccc(Cl)cc2)cs1. The first-order valence-corrected chi connectivity index (χ1v) is 6.85. The van der Waals surface area contributed by atoms with Gasteiger partial charge in [-0.15, -0.1) is 22.9 Å². The van der Waals surface area contributed by atoms with Gasteiger partial charge < -0.3 is 0 Å². The summed E-state index contributed by atoms with van der Waals surface area (Å²) in [5, 5.41) is 3.97. The molecule has 0 N–H and O–H groups in total. The third-order valence-corrected chi connectivity index (χ3v) is 3.64. The topological polar surface area (TPSA) is 12.9 Å². The molecule has 0 saturated heterocycles. The molecule has 0 unspecified atom stereocenters. The summed E-state index contributed by atoms with van der Waals surface area (Å²) in [4.78, 5) is 4.56. The molecule has 0 radical (unpaired) electrons. The summed E-state index contributed by atoms with van der Waals surface area (Å²) in [5.74, 6) is 0.690. The van der Waals surface area contributed by atoms with Crippen LogP contribution in [-0.4, -0.2) is 10.9 Å². The van der Waals surface area contributed by atoms with E-state index in [1.54, 1.807) is 11.3 Å². The van der Waals surface area contributed by atoms with E-state index >= 15 is 0 Å². The van der Waals surface area contributed by atoms with Crippen LogP contribution in [0.25, 0.3) is 11.3 Å². The molecule has 0 aliphatic carbocycles. The van der Waals surface area contributed by atoms with Crippen molar-refractivity contribution in [3.05, 3.63) is 39.7 Å². The van der Waals surface area contributed by atoms with E-state index in [4.69, 9.17) is 23.2 Å². The number of hydrogen-bond donors (Lipinski definition) is 0. The number of alkyl halides is 1. The van der Waals surface area contributed by atoms with Crippen molar-refractivity contribution in [1.82, 2.24) is 4.98 Å². The number of nitrogens with zero attached hydrogens (tertiary/aromatic N) is 1. The van der Waals surface area contributed by atoms with E-state index in [0.717, 1.165) is 34.1 Å². The lowest BCUT2D eigenvalue weighted by atomic mass is 10.2. The van der Waals surface area contributed by atoms with Gasteiger partial charge in [-0.05, 0) is 18.6 Å². The normalized spacial score (nSPS) is 10.6. The van der Waals surface area contributed by atoms with Gasteiger partial charge in [0.1, 0.15) is 0 Å². The van der Waals surface area contributed by atoms with Crippen LogP contribution in [0.2, 0.25) is 5.02 Å². The largest absolute Gasteiger partial charge is 0.241 e. The van der Waals surface area contributed by atoms with Crippen molar-refractivity contribution in [2.75, 3.05) is 5.88 Å². The van der Waals surface area contributed by atoms with E-state index in [2.05, 4.69) is 10.4 Å². The van der Waals surface area contributed by atoms with Gasteiger partial charge in [0.15, 0.2) is 0 Å². The zero-order valence-electron chi connectivity index (χ0n) is 8.62. The number of aryl methyl sites for hydroxylation is 1. The highest BCUT2D eigenvalue weighted by Gasteiger charge is 2.04. The van der Waals surface area contributed by atoms with Gasteiger partial charge in [-0.25, -0.2) is 4.98 Å². The summed E-state index contributed by atoms with van der Waals surface area (Å²) in [6, 6.07) is 7.74. The third-order valence-electron chi connectivity index (χ3n) is 2.22. The fourth-order valence-corrected chi connectivity index (χ4v) is 2.51. The second kappa shape index (κ2) is 5.67. The van der Waals surface area contributed by atoms with Crippen LogP contribution in [0, 0.1) is 0 Å². The lowest BCUT2D eigenvalue weighted by Gasteiger charge is -1.96. The molecule has 0 atom stereocenters. The first kappa shape index (κ1) is 11.9. The third kappa shape index (κ3) is 2.97. The summed E-state index contributed by atoms with van der Waals surface area (Å²) in [6.07, 6.45) is 1.94. The molecule has 16 heavy (non-hydrogen) atoms. The number of aromatic nitrogens is 1. The maximum Gasteiger partial charge on any atom is 0.0933 e. The highest BCUT2D eigenvalue weighted by Crippen LogP contribution is 2.24. The number of hydrogen-bond acceptors (Lipinski definition) is 2. The van der Waals surface area contributed by atoms with Gasteiger partial charge in [-0.1, -0.05) is 23.7 Å². The molecule has 0 aliphatic heterocycles. The molecule has 0 saturated carbocycles. The molecular weight excluding hydrogens is 261 g/mol. The smallest absolute Gasteiger partial charge is 0.0933 e. The molecule has 4 heteroatoms. The predicted molar refractivity (Wildman–Crippen MR) is 71.6 cm³/mol. The second-order valence-corrected chi connectivity index (χ2v) is 5.18. The van der Waals surface area contributed by atoms with Crippen LogP contribution in [0.15, 0.2) is 29.6 Å². The van der Waals surface area contributed by atoms with E-state index in [-0.39, 0.29) is 0 Å². The summed E-state index contributed by atoms with van der Waals surface area (Å²) in [5.41, 5.74) is 2.13. The Labute approximate surface area is 109 Å². The van der Waals surface area contributed by atoms with Gasteiger partial charge in [-0.3, -0.25) is 0 Å². The van der Waals surface area contributed by atoms with E-state index < -0.39 is 0 Å². The predicted octanol–water partition coefficient (Wildman–Crippen LogP) is 4.63. The quantitative estimate of drug-likeness (QED) is 0.739. The van der Waals surface area contributed by atoms with E-state index in [0.29, 0.717) is 5.88 Å². The molecule has 2 rings (SSSR count). The fraction of sp³-hybridized carbons (Fsp3) is 0.250. The number of rotatable bonds is 4. The van der Waals surface area contributed by atoms with Crippen molar-refractivity contribution in [2.45, 2.75) is 12.8 Å². The zero-order chi connectivity index (χ0) is 11.4. The van der Waals surface area contributed by atoms with Crippen molar-refractivity contribution < 1.29 is 0 Å². The molecule has 1 nitrogen and oxygen atoms in total. The highest BCUT2D eigenvalue weighted by molar-refractivity contribution is 7.09. The Hall–Kier alpha value is -0.570. The lowest BCUT2D eigenvalue weighted by molar-refractivity contribution is 0.916. The Kier molecular flexibility index (Phi) is 4.22. The van der Waals surface area contributed by atoms with Gasteiger partial charge in [0.2, 0.25) is 0 Å². The Bertz CT molecular complexity index is 450. The second-order valence-electron chi connectivity index (χ2n) is 3.43. The standard InChI is InChI=1S/C12H11Cl2NS/c13-7-1-2-12-15-11(8-16-12)9-3-5-10(14)6-4-9/h3-6,8H,1-2,7H2. The van der Waals surface area contributed by atoms with Gasteiger partial charge in [-0.2, -0.15) is 0 Å². The monoisotopic (exact) mass is 271 g/mol. The minimum atomic E-state index is 0.690. The van der Waals surface area contributed by atoms with E-state index in [9.17, 15) is 0 Å². The molecule has 0 aliphatic rings. The van der Waals surface area contributed by atoms with Gasteiger partial charge in [0, 0.05) is 28.3 Å². The zero-order valence-corrected chi connectivity index (χ0v) is 10.9. The molecule has 1 aromatic carbocycles. The Balaban J connectivity index is 2.15. The number of thiazole rings is 1. The lowest BCUT2D eigenvalue weighted by Crippen LogP contribution is -1.85. The maximum atomic E-state index is 5.84. The van der Waals surface area contributed by atoms with Crippen LogP contribution in [0.3, 0.4) is 0 Å². The average Bonchev–Trinajstić information content (AvgIpc) is 2.76. The summed E-state index contributed by atoms with van der Waals surface area (Å²) in [6.45, 7) is 0. The van der Waals surface area contributed by atoms with Gasteiger partial charge in [0.25, 0.3) is 0 Å². The number of halogens is 2. The van der Waals surface area contributed by atoms with Crippen LogP contribution in [0.1, 0.15) is 11.4 Å². The minimum absolute atomic E-state index is 0.690. The van der Waals surface area contributed by atoms with Crippen LogP contribution >= 0.6 is 34.5 Å². The Morgan fingerprint density at radius 3 is 2.62 bits per heavy atom. The summed E-state index contributed by atoms with van der Waals surface area (Å²) >= 11 is 13.2. The van der Waals surface area contributed by atoms with Gasteiger partial charge in [0.05, 0.1) is 10.7 Å². The van der Waals surface area contributed by atoms with Crippen molar-refractivity contribution in [2.24, 2.45) is 0 Å². The molecule has 1 heterocycles. The number of benzene rings is 1. The van der Waals surface area contributed by atoms with Crippen molar-refractivity contribution >= 4 is 34.5 Å². The van der Waals surface area contributed by atoms with Crippen LogP contribution < -0.4 is 0 Å². The molecule has 0 amide bonds. The van der Waals surface area contributed by atoms with Crippen LogP contribution in [-0.2, 0) is 6.42 Å². The minimum Gasteiger partial charge on any atom is -0.241 e. The molecule has 2 aromatic rings. The Morgan fingerprint density at radius 1 is 1.19 bits per heavy atom. The first-order chi connectivity index (χ1) is 7.79. The van der Waals surface area contributed by atoms with Crippen LogP contribution in [0.4, 0.5) is 0 Å². The van der Waals surface area contributed by atoms with Crippen molar-refractivity contribution in [3.63, 3.8) is 0 Å². The molecular formula is C12H11Cl2NS. The molecule has 0 bridgehead atoms. The van der Waals surface area contributed by atoms with Crippen LogP contribution in [0.5, 0.6) is 0 Å². The molecule has 84 valence electrons. The highest BCUT2D eigenvalue weighted by atomic mass is 35.5. The average molecular weight is 272 g/mol. The van der Waals surface area contributed by atoms with E-state index in [1.165, 1.54) is 0 Å². The fourth-order valence-electron chi connectivity index (χ4n) is 1.40. The van der Waals surface area contributed by atoms with E-state index in [1.807, 2.05) is 24.3 Å².